The molecule has 0 aliphatic carbocycles. The van der Waals surface area contributed by atoms with Crippen molar-refractivity contribution < 1.29 is 18.9 Å². The summed E-state index contributed by atoms with van der Waals surface area (Å²) in [6.45, 7) is 8.88. The molecular formula is C56H60N6O4. The van der Waals surface area contributed by atoms with E-state index in [-0.39, 0.29) is 12.1 Å². The molecule has 6 fully saturated rings. The van der Waals surface area contributed by atoms with Crippen LogP contribution in [-0.4, -0.2) is 82.2 Å². The molecule has 4 aromatic carbocycles. The van der Waals surface area contributed by atoms with Crippen molar-refractivity contribution in [2.24, 2.45) is 23.7 Å². The van der Waals surface area contributed by atoms with Gasteiger partial charge in [0.25, 0.3) is 0 Å². The van der Waals surface area contributed by atoms with Gasteiger partial charge in [0.1, 0.15) is 29.3 Å². The van der Waals surface area contributed by atoms with Crippen molar-refractivity contribution in [2.75, 3.05) is 40.4 Å². The van der Waals surface area contributed by atoms with Crippen LogP contribution in [0.5, 0.6) is 23.3 Å². The number of hydrogen-bond donors (Lipinski definition) is 0. The van der Waals surface area contributed by atoms with Gasteiger partial charge in [-0.2, -0.15) is 9.97 Å². The number of piperidine rings is 6. The molecule has 6 aliphatic rings. The highest BCUT2D eigenvalue weighted by atomic mass is 16.5. The van der Waals surface area contributed by atoms with Gasteiger partial charge in [0, 0.05) is 52.9 Å². The lowest BCUT2D eigenvalue weighted by atomic mass is 9.72. The van der Waals surface area contributed by atoms with Gasteiger partial charge in [-0.3, -0.25) is 19.8 Å². The molecule has 10 atom stereocenters. The number of pyridine rings is 2. The molecule has 66 heavy (non-hydrogen) atoms. The number of benzene rings is 4. The maximum Gasteiger partial charge on any atom is 0.229 e. The maximum atomic E-state index is 7.76. The molecule has 6 aliphatic heterocycles. The van der Waals surface area contributed by atoms with E-state index in [1.807, 2.05) is 54.9 Å². The van der Waals surface area contributed by atoms with Gasteiger partial charge in [-0.05, 0) is 117 Å². The molecule has 9 heterocycles. The van der Waals surface area contributed by atoms with Gasteiger partial charge in [-0.25, -0.2) is 0 Å². The fraction of sp³-hybridized carbons (Fsp3) is 0.393. The first-order valence-electron chi connectivity index (χ1n) is 24.2. The molecule has 13 rings (SSSR count). The van der Waals surface area contributed by atoms with E-state index in [9.17, 15) is 0 Å². The van der Waals surface area contributed by atoms with Gasteiger partial charge in [0.05, 0.1) is 37.3 Å². The Labute approximate surface area is 388 Å². The summed E-state index contributed by atoms with van der Waals surface area (Å²) in [5.41, 5.74) is 6.48. The minimum Gasteiger partial charge on any atom is -0.497 e. The Bertz CT molecular complexity index is 2680. The average Bonchev–Trinajstić information content (AvgIpc) is 3.39. The molecule has 0 saturated carbocycles. The lowest BCUT2D eigenvalue weighted by molar-refractivity contribution is -0.0510. The third-order valence-corrected chi connectivity index (χ3v) is 15.6. The Morgan fingerprint density at radius 2 is 1.05 bits per heavy atom. The fourth-order valence-corrected chi connectivity index (χ4v) is 12.1. The van der Waals surface area contributed by atoms with E-state index in [0.29, 0.717) is 41.3 Å². The average molecular weight is 881 g/mol. The summed E-state index contributed by atoms with van der Waals surface area (Å²) in [6.07, 6.45) is 9.90. The summed E-state index contributed by atoms with van der Waals surface area (Å²) in [5.74, 6) is 5.70. The Hall–Kier alpha value is -6.10. The first kappa shape index (κ1) is 42.5. The van der Waals surface area contributed by atoms with Crippen molar-refractivity contribution in [2.45, 2.75) is 76.7 Å². The minimum atomic E-state index is -0.393. The summed E-state index contributed by atoms with van der Waals surface area (Å²) >= 11 is 0. The van der Waals surface area contributed by atoms with Crippen molar-refractivity contribution in [1.29, 1.82) is 0 Å². The topological polar surface area (TPSA) is 95.0 Å². The number of fused-ring (bicyclic) bond motifs is 8. The summed E-state index contributed by atoms with van der Waals surface area (Å²) in [5, 5.41) is 2.02. The molecule has 6 unspecified atom stereocenters. The summed E-state index contributed by atoms with van der Waals surface area (Å²) in [6, 6.07) is 37.4. The van der Waals surface area contributed by atoms with Crippen LogP contribution in [0.4, 0.5) is 0 Å². The molecule has 6 saturated heterocycles. The van der Waals surface area contributed by atoms with Crippen molar-refractivity contribution in [3.8, 4) is 45.8 Å². The van der Waals surface area contributed by atoms with Crippen LogP contribution in [0, 0.1) is 23.7 Å². The van der Waals surface area contributed by atoms with E-state index in [4.69, 9.17) is 38.9 Å². The molecule has 3 aromatic heterocycles. The highest BCUT2D eigenvalue weighted by Crippen LogP contribution is 2.50. The number of nitrogens with zero attached hydrogens (tertiary/aromatic N) is 6. The van der Waals surface area contributed by atoms with Crippen molar-refractivity contribution in [3.63, 3.8) is 0 Å². The van der Waals surface area contributed by atoms with E-state index in [0.717, 1.165) is 100 Å². The number of hydrogen-bond acceptors (Lipinski definition) is 10. The normalized spacial score (nSPS) is 25.4. The molecule has 7 aromatic rings. The maximum absolute atomic E-state index is 7.76. The lowest BCUT2D eigenvalue weighted by Gasteiger charge is -2.52. The molecule has 0 N–H and O–H groups in total. The first-order valence-corrected chi connectivity index (χ1v) is 24.2. The standard InChI is InChI=1S/C56H60N6O4/c1-5-35-33-61-27-23-39(35)29-49(61)52(43-21-25-57-47-19-17-41(63-3)31-45(43)47)65-55-51(37-13-9-7-10-14-37)56(60-54(59-55)38-15-11-8-12-16-38)66-53(50-30-40-24-28-62(50)34-36(40)6-2)44-22-26-58-48-20-18-42(64-4)32-46(44)48/h7-22,25-26,31-32,35-36,39-40,49-50,52-53H,5-6,23-24,27-30,33-34H2,1-4H3/t35?,36?,39-,40?,49-,50?,52+,53+/m1/s1. The second-order valence-electron chi connectivity index (χ2n) is 18.9. The van der Waals surface area contributed by atoms with E-state index < -0.39 is 12.2 Å². The van der Waals surface area contributed by atoms with Gasteiger partial charge in [-0.15, -0.1) is 0 Å². The zero-order valence-corrected chi connectivity index (χ0v) is 38.6. The number of rotatable bonds is 14. The number of ether oxygens (including phenoxy) is 4. The van der Waals surface area contributed by atoms with Gasteiger partial charge >= 0.3 is 0 Å². The van der Waals surface area contributed by atoms with E-state index in [1.165, 1.54) is 25.7 Å². The molecule has 10 heteroatoms. The van der Waals surface area contributed by atoms with Crippen LogP contribution in [0.25, 0.3) is 44.3 Å². The van der Waals surface area contributed by atoms with Gasteiger partial charge in [0.2, 0.25) is 11.8 Å². The fourth-order valence-electron chi connectivity index (χ4n) is 12.1. The molecule has 0 amide bonds. The Kier molecular flexibility index (Phi) is 11.8. The third kappa shape index (κ3) is 7.91. The minimum absolute atomic E-state index is 0.106. The summed E-state index contributed by atoms with van der Waals surface area (Å²) < 4.78 is 27.2. The second-order valence-corrected chi connectivity index (χ2v) is 18.9. The van der Waals surface area contributed by atoms with E-state index >= 15 is 0 Å². The Balaban J connectivity index is 1.13. The molecule has 0 spiro atoms. The quantitative estimate of drug-likeness (QED) is 0.105. The Morgan fingerprint density at radius 3 is 1.47 bits per heavy atom. The molecule has 4 bridgehead atoms. The molecular weight excluding hydrogens is 821 g/mol. The van der Waals surface area contributed by atoms with Crippen molar-refractivity contribution in [3.05, 3.63) is 133 Å². The predicted molar refractivity (Wildman–Crippen MR) is 260 cm³/mol. The zero-order chi connectivity index (χ0) is 44.7. The predicted octanol–water partition coefficient (Wildman–Crippen LogP) is 11.4. The smallest absolute Gasteiger partial charge is 0.229 e. The van der Waals surface area contributed by atoms with Crippen molar-refractivity contribution >= 4 is 21.8 Å². The van der Waals surface area contributed by atoms with Crippen LogP contribution in [0.2, 0.25) is 0 Å². The van der Waals surface area contributed by atoms with E-state index in [2.05, 4.69) is 90.4 Å². The highest BCUT2D eigenvalue weighted by molar-refractivity contribution is 5.85. The Morgan fingerprint density at radius 1 is 0.576 bits per heavy atom. The van der Waals surface area contributed by atoms with Crippen LogP contribution in [0.15, 0.2) is 122 Å². The SMILES string of the molecule is CCC1CN2CCC1CC2[C@@H](Oc1nc(-c2ccccc2)nc(O[C@@H](c2ccnc3ccc(OC)cc23)[C@H]2C[C@H]3CCN2CC3CC)c1-c1ccccc1)c1ccnc2ccc(OC)cc12. The van der Waals surface area contributed by atoms with Gasteiger partial charge in [-0.1, -0.05) is 87.4 Å². The molecule has 0 radical (unpaired) electrons. The first-order chi connectivity index (χ1) is 32.5. The highest BCUT2D eigenvalue weighted by Gasteiger charge is 2.47. The molecule has 10 nitrogen and oxygen atoms in total. The van der Waals surface area contributed by atoms with Gasteiger partial charge < -0.3 is 18.9 Å². The van der Waals surface area contributed by atoms with Crippen LogP contribution in [0.1, 0.15) is 75.7 Å². The zero-order valence-electron chi connectivity index (χ0n) is 38.6. The lowest BCUT2D eigenvalue weighted by Crippen LogP contribution is -2.56. The molecule has 338 valence electrons. The summed E-state index contributed by atoms with van der Waals surface area (Å²) in [7, 11) is 3.44. The third-order valence-electron chi connectivity index (χ3n) is 15.6. The van der Waals surface area contributed by atoms with Gasteiger partial charge in [0.15, 0.2) is 5.82 Å². The monoisotopic (exact) mass is 880 g/mol. The largest absolute Gasteiger partial charge is 0.497 e. The van der Waals surface area contributed by atoms with Crippen molar-refractivity contribution in [1.82, 2.24) is 29.7 Å². The van der Waals surface area contributed by atoms with Crippen LogP contribution < -0.4 is 18.9 Å². The number of aromatic nitrogens is 4. The van der Waals surface area contributed by atoms with Crippen LogP contribution >= 0.6 is 0 Å². The second kappa shape index (κ2) is 18.3. The number of methoxy groups -OCH3 is 2. The van der Waals surface area contributed by atoms with Crippen LogP contribution in [-0.2, 0) is 0 Å². The summed E-state index contributed by atoms with van der Waals surface area (Å²) in [4.78, 5) is 26.0. The van der Waals surface area contributed by atoms with E-state index in [1.54, 1.807) is 14.2 Å². The van der Waals surface area contributed by atoms with Crippen LogP contribution in [0.3, 0.4) is 0 Å².